The Balaban J connectivity index is 1.61. The van der Waals surface area contributed by atoms with E-state index in [4.69, 9.17) is 11.6 Å². The molecular formula is C21H19ClN4O2. The molecule has 28 heavy (non-hydrogen) atoms. The first-order chi connectivity index (χ1) is 13.6. The largest absolute Gasteiger partial charge is 0.479 e. The molecule has 0 unspecified atom stereocenters. The lowest BCUT2D eigenvalue weighted by molar-refractivity contribution is -0.127. The highest BCUT2D eigenvalue weighted by molar-refractivity contribution is 6.33. The third kappa shape index (κ3) is 3.97. The molecule has 2 N–H and O–H groups in total. The standard InChI is InChI=1S/C21H19ClN4O2/c22-17-10-9-13(12-23-20(27)15-7-4-8-15)11-16(17)19-24-18(25-21(28)26-19)14-5-2-1-3-6-14/h1-3,5-6,9-11,15H,4,7-8,12H2,(H,23,27)(H,24,25,26,28). The average Bonchev–Trinajstić information content (AvgIpc) is 2.66. The van der Waals surface area contributed by atoms with Crippen molar-refractivity contribution in [2.24, 2.45) is 5.92 Å². The Morgan fingerprint density at radius 3 is 2.54 bits per heavy atom. The van der Waals surface area contributed by atoms with Crippen LogP contribution in [0.4, 0.5) is 0 Å². The second-order valence-electron chi connectivity index (χ2n) is 6.81. The van der Waals surface area contributed by atoms with Crippen LogP contribution in [0.3, 0.4) is 0 Å². The highest BCUT2D eigenvalue weighted by atomic mass is 35.5. The minimum absolute atomic E-state index is 0.0897. The lowest BCUT2D eigenvalue weighted by atomic mass is 9.85. The summed E-state index contributed by atoms with van der Waals surface area (Å²) in [5, 5.41) is 13.4. The Labute approximate surface area is 167 Å². The van der Waals surface area contributed by atoms with Crippen LogP contribution in [0.25, 0.3) is 22.8 Å². The van der Waals surface area contributed by atoms with E-state index in [9.17, 15) is 9.90 Å². The molecule has 142 valence electrons. The number of aromatic nitrogens is 3. The molecule has 4 rings (SSSR count). The van der Waals surface area contributed by atoms with Crippen molar-refractivity contribution in [3.63, 3.8) is 0 Å². The van der Waals surface area contributed by atoms with Crippen molar-refractivity contribution in [2.45, 2.75) is 25.8 Å². The van der Waals surface area contributed by atoms with Gasteiger partial charge in [-0.1, -0.05) is 54.4 Å². The van der Waals surface area contributed by atoms with Crippen LogP contribution in [0.5, 0.6) is 6.01 Å². The number of hydrogen-bond acceptors (Lipinski definition) is 5. The number of rotatable bonds is 5. The Hall–Kier alpha value is -2.99. The van der Waals surface area contributed by atoms with Gasteiger partial charge in [-0.15, -0.1) is 0 Å². The zero-order valence-corrected chi connectivity index (χ0v) is 15.9. The molecule has 1 aliphatic rings. The number of amides is 1. The minimum atomic E-state index is -0.372. The summed E-state index contributed by atoms with van der Waals surface area (Å²) in [5.41, 5.74) is 2.22. The minimum Gasteiger partial charge on any atom is -0.479 e. The Morgan fingerprint density at radius 1 is 1.07 bits per heavy atom. The Morgan fingerprint density at radius 2 is 1.82 bits per heavy atom. The van der Waals surface area contributed by atoms with E-state index >= 15 is 0 Å². The predicted octanol–water partition coefficient (Wildman–Crippen LogP) is 3.98. The fourth-order valence-corrected chi connectivity index (χ4v) is 3.26. The quantitative estimate of drug-likeness (QED) is 0.683. The van der Waals surface area contributed by atoms with E-state index in [-0.39, 0.29) is 23.7 Å². The van der Waals surface area contributed by atoms with Gasteiger partial charge < -0.3 is 10.4 Å². The highest BCUT2D eigenvalue weighted by Crippen LogP contribution is 2.29. The van der Waals surface area contributed by atoms with Crippen LogP contribution in [-0.2, 0) is 11.3 Å². The first kappa shape index (κ1) is 18.4. The molecule has 1 aliphatic carbocycles. The second-order valence-corrected chi connectivity index (χ2v) is 7.22. The molecule has 1 heterocycles. The van der Waals surface area contributed by atoms with E-state index in [1.165, 1.54) is 0 Å². The van der Waals surface area contributed by atoms with Crippen molar-refractivity contribution in [1.82, 2.24) is 20.3 Å². The summed E-state index contributed by atoms with van der Waals surface area (Å²) in [4.78, 5) is 24.6. The molecule has 0 atom stereocenters. The zero-order valence-electron chi connectivity index (χ0n) is 15.1. The van der Waals surface area contributed by atoms with E-state index in [1.54, 1.807) is 6.07 Å². The Kier molecular flexibility index (Phi) is 5.21. The van der Waals surface area contributed by atoms with Gasteiger partial charge in [-0.25, -0.2) is 4.98 Å². The van der Waals surface area contributed by atoms with Gasteiger partial charge in [0.1, 0.15) is 0 Å². The number of carbonyl (C=O) groups is 1. The molecule has 0 aliphatic heterocycles. The molecule has 0 bridgehead atoms. The number of halogens is 1. The van der Waals surface area contributed by atoms with Crippen molar-refractivity contribution >= 4 is 17.5 Å². The van der Waals surface area contributed by atoms with E-state index in [1.807, 2.05) is 42.5 Å². The number of hydrogen-bond donors (Lipinski definition) is 2. The van der Waals surface area contributed by atoms with Gasteiger partial charge in [0, 0.05) is 23.6 Å². The van der Waals surface area contributed by atoms with Gasteiger partial charge >= 0.3 is 6.01 Å². The van der Waals surface area contributed by atoms with Gasteiger partial charge in [0.05, 0.1) is 5.02 Å². The number of aromatic hydroxyl groups is 1. The third-order valence-electron chi connectivity index (χ3n) is 4.87. The number of carbonyl (C=O) groups excluding carboxylic acids is 1. The molecular weight excluding hydrogens is 376 g/mol. The van der Waals surface area contributed by atoms with Gasteiger partial charge in [-0.3, -0.25) is 4.79 Å². The summed E-state index contributed by atoms with van der Waals surface area (Å²) in [6.45, 7) is 0.405. The van der Waals surface area contributed by atoms with Crippen LogP contribution >= 0.6 is 11.6 Å². The number of nitrogens with zero attached hydrogens (tertiary/aromatic N) is 3. The summed E-state index contributed by atoms with van der Waals surface area (Å²) < 4.78 is 0. The normalized spacial score (nSPS) is 13.8. The summed E-state index contributed by atoms with van der Waals surface area (Å²) in [6.07, 6.45) is 3.05. The van der Waals surface area contributed by atoms with E-state index in [0.717, 1.165) is 30.4 Å². The van der Waals surface area contributed by atoms with Gasteiger partial charge in [-0.2, -0.15) is 9.97 Å². The van der Waals surface area contributed by atoms with Crippen molar-refractivity contribution < 1.29 is 9.90 Å². The summed E-state index contributed by atoms with van der Waals surface area (Å²) >= 11 is 6.36. The monoisotopic (exact) mass is 394 g/mol. The first-order valence-corrected chi connectivity index (χ1v) is 9.55. The van der Waals surface area contributed by atoms with Crippen molar-refractivity contribution in [2.75, 3.05) is 0 Å². The van der Waals surface area contributed by atoms with E-state index in [2.05, 4.69) is 20.3 Å². The van der Waals surface area contributed by atoms with Crippen LogP contribution in [-0.4, -0.2) is 26.0 Å². The molecule has 1 aromatic heterocycles. The molecule has 6 nitrogen and oxygen atoms in total. The highest BCUT2D eigenvalue weighted by Gasteiger charge is 2.24. The topological polar surface area (TPSA) is 88.0 Å². The molecule has 0 spiro atoms. The molecule has 0 radical (unpaired) electrons. The van der Waals surface area contributed by atoms with E-state index < -0.39 is 0 Å². The van der Waals surface area contributed by atoms with Crippen molar-refractivity contribution in [1.29, 1.82) is 0 Å². The number of nitrogens with one attached hydrogen (secondary N) is 1. The fourth-order valence-electron chi connectivity index (χ4n) is 3.06. The van der Waals surface area contributed by atoms with Crippen LogP contribution in [0.15, 0.2) is 48.5 Å². The Bertz CT molecular complexity index is 1010. The first-order valence-electron chi connectivity index (χ1n) is 9.17. The molecule has 2 aromatic carbocycles. The maximum Gasteiger partial charge on any atom is 0.318 e. The molecule has 7 heteroatoms. The average molecular weight is 395 g/mol. The SMILES string of the molecule is O=C(NCc1ccc(Cl)c(-c2nc(O)nc(-c3ccccc3)n2)c1)C1CCC1. The van der Waals surface area contributed by atoms with Gasteiger partial charge in [0.15, 0.2) is 11.6 Å². The molecule has 3 aromatic rings. The second kappa shape index (κ2) is 7.94. The summed E-state index contributed by atoms with van der Waals surface area (Å²) in [7, 11) is 0. The van der Waals surface area contributed by atoms with Crippen LogP contribution in [0, 0.1) is 5.92 Å². The van der Waals surface area contributed by atoms with Crippen molar-refractivity contribution in [3.05, 3.63) is 59.1 Å². The summed E-state index contributed by atoms with van der Waals surface area (Å²) in [6, 6.07) is 14.4. The zero-order chi connectivity index (χ0) is 19.5. The van der Waals surface area contributed by atoms with Crippen molar-refractivity contribution in [3.8, 4) is 28.8 Å². The third-order valence-corrected chi connectivity index (χ3v) is 5.20. The molecule has 1 amide bonds. The fraction of sp³-hybridized carbons (Fsp3) is 0.238. The van der Waals surface area contributed by atoms with Gasteiger partial charge in [-0.05, 0) is 30.5 Å². The molecule has 1 fully saturated rings. The van der Waals surface area contributed by atoms with E-state index in [0.29, 0.717) is 23.0 Å². The predicted molar refractivity (Wildman–Crippen MR) is 107 cm³/mol. The maximum absolute atomic E-state index is 12.1. The van der Waals surface area contributed by atoms with Crippen LogP contribution < -0.4 is 5.32 Å². The molecule has 1 saturated carbocycles. The van der Waals surface area contributed by atoms with Gasteiger partial charge in [0.25, 0.3) is 0 Å². The lowest BCUT2D eigenvalue weighted by Crippen LogP contribution is -2.33. The maximum atomic E-state index is 12.1. The van der Waals surface area contributed by atoms with Crippen LogP contribution in [0.2, 0.25) is 5.02 Å². The molecule has 0 saturated heterocycles. The smallest absolute Gasteiger partial charge is 0.318 e. The van der Waals surface area contributed by atoms with Gasteiger partial charge in [0.2, 0.25) is 5.91 Å². The van der Waals surface area contributed by atoms with Crippen LogP contribution in [0.1, 0.15) is 24.8 Å². The summed E-state index contributed by atoms with van der Waals surface area (Å²) in [5.74, 6) is 0.874. The lowest BCUT2D eigenvalue weighted by Gasteiger charge is -2.24. The number of benzene rings is 2.